The minimum absolute atomic E-state index is 0.174. The van der Waals surface area contributed by atoms with Crippen LogP contribution in [0.1, 0.15) is 48.1 Å². The highest BCUT2D eigenvalue weighted by Crippen LogP contribution is 2.32. The normalized spacial score (nSPS) is 11.7. The number of methoxy groups -OCH3 is 1. The maximum atomic E-state index is 12.1. The second kappa shape index (κ2) is 9.56. The molecule has 0 saturated heterocycles. The van der Waals surface area contributed by atoms with Gasteiger partial charge >= 0.3 is 0 Å². The lowest BCUT2D eigenvalue weighted by molar-refractivity contribution is 0.0936. The van der Waals surface area contributed by atoms with Gasteiger partial charge in [-0.15, -0.1) is 15.3 Å². The number of aryl methyl sites for hydroxylation is 1. The lowest BCUT2D eigenvalue weighted by atomic mass is 9.88. The fourth-order valence-electron chi connectivity index (χ4n) is 3.25. The second-order valence-corrected chi connectivity index (χ2v) is 8.81. The molecule has 0 aliphatic heterocycles. The molecule has 0 spiro atoms. The number of aromatic nitrogens is 6. The van der Waals surface area contributed by atoms with Crippen molar-refractivity contribution in [3.63, 3.8) is 0 Å². The first-order chi connectivity index (χ1) is 16.3. The minimum atomic E-state index is -0.252. The van der Waals surface area contributed by atoms with Gasteiger partial charge in [-0.1, -0.05) is 25.9 Å². The van der Waals surface area contributed by atoms with Crippen LogP contribution in [-0.4, -0.2) is 56.1 Å². The fourth-order valence-corrected chi connectivity index (χ4v) is 3.25. The Morgan fingerprint density at radius 1 is 1.21 bits per heavy atom. The molecule has 0 aliphatic rings. The molecule has 0 aliphatic carbocycles. The first-order valence-corrected chi connectivity index (χ1v) is 10.8. The Balaban J connectivity index is 1.57. The number of nitrogens with zero attached hydrogens (tertiary/aromatic N) is 6. The summed E-state index contributed by atoms with van der Waals surface area (Å²) in [4.78, 5) is 16.5. The van der Waals surface area contributed by atoms with Gasteiger partial charge in [0.15, 0.2) is 11.3 Å². The molecule has 34 heavy (non-hydrogen) atoms. The van der Waals surface area contributed by atoms with Crippen LogP contribution in [0.15, 0.2) is 35.0 Å². The molecule has 4 rings (SSSR count). The van der Waals surface area contributed by atoms with E-state index in [0.29, 0.717) is 53.2 Å². The Morgan fingerprint density at radius 2 is 2.03 bits per heavy atom. The van der Waals surface area contributed by atoms with E-state index in [9.17, 15) is 4.79 Å². The predicted molar refractivity (Wildman–Crippen MR) is 122 cm³/mol. The van der Waals surface area contributed by atoms with Crippen molar-refractivity contribution in [2.24, 2.45) is 0 Å². The van der Waals surface area contributed by atoms with E-state index >= 15 is 0 Å². The van der Waals surface area contributed by atoms with Crippen LogP contribution in [0.3, 0.4) is 0 Å². The number of ether oxygens (including phenoxy) is 2. The summed E-state index contributed by atoms with van der Waals surface area (Å²) in [6, 6.07) is 7.14. The molecule has 11 nitrogen and oxygen atoms in total. The lowest BCUT2D eigenvalue weighted by Crippen LogP contribution is -2.27. The number of carbonyl (C=O) groups is 1. The largest absolute Gasteiger partial charge is 0.470 e. The number of amides is 1. The molecule has 1 N–H and O–H groups in total. The van der Waals surface area contributed by atoms with Gasteiger partial charge in [0.25, 0.3) is 5.91 Å². The van der Waals surface area contributed by atoms with Crippen LogP contribution in [0, 0.1) is 6.92 Å². The molecule has 178 valence electrons. The zero-order chi connectivity index (χ0) is 24.3. The van der Waals surface area contributed by atoms with Crippen molar-refractivity contribution in [2.45, 2.75) is 39.7 Å². The van der Waals surface area contributed by atoms with Crippen LogP contribution in [0.2, 0.25) is 0 Å². The number of pyridine rings is 1. The molecule has 11 heteroatoms. The number of hydrogen-bond donors (Lipinski definition) is 1. The molecule has 0 radical (unpaired) electrons. The van der Waals surface area contributed by atoms with Crippen molar-refractivity contribution < 1.29 is 18.8 Å². The van der Waals surface area contributed by atoms with Gasteiger partial charge in [0, 0.05) is 31.5 Å². The highest BCUT2D eigenvalue weighted by molar-refractivity contribution is 5.93. The average molecular weight is 466 g/mol. The molecule has 1 amide bonds. The van der Waals surface area contributed by atoms with Gasteiger partial charge in [-0.3, -0.25) is 9.78 Å². The highest BCUT2D eigenvalue weighted by atomic mass is 16.5. The van der Waals surface area contributed by atoms with E-state index in [1.165, 1.54) is 6.20 Å². The van der Waals surface area contributed by atoms with Gasteiger partial charge < -0.3 is 19.3 Å². The number of rotatable bonds is 8. The topological polar surface area (TPSA) is 130 Å². The minimum Gasteiger partial charge on any atom is -0.470 e. The quantitative estimate of drug-likeness (QED) is 0.390. The Labute approximate surface area is 196 Å². The van der Waals surface area contributed by atoms with E-state index in [2.05, 4.69) is 51.5 Å². The summed E-state index contributed by atoms with van der Waals surface area (Å²) >= 11 is 0. The number of hydrogen-bond acceptors (Lipinski definition) is 9. The Kier molecular flexibility index (Phi) is 6.55. The molecular formula is C23H27N7O4. The van der Waals surface area contributed by atoms with Crippen molar-refractivity contribution in [1.82, 2.24) is 35.3 Å². The van der Waals surface area contributed by atoms with E-state index in [1.54, 1.807) is 36.7 Å². The monoisotopic (exact) mass is 465 g/mol. The van der Waals surface area contributed by atoms with Gasteiger partial charge in [0.05, 0.1) is 17.9 Å². The first-order valence-electron chi connectivity index (χ1n) is 10.8. The van der Waals surface area contributed by atoms with E-state index in [0.717, 1.165) is 5.56 Å². The van der Waals surface area contributed by atoms with Gasteiger partial charge in [-0.25, -0.2) is 0 Å². The SMILES string of the molecule is COCCNC(=O)c1ccc(COc2nn3c(-c4cc(C)on4)nnc3cc2C(C)(C)C)nc1. The van der Waals surface area contributed by atoms with Crippen LogP contribution >= 0.6 is 0 Å². The summed E-state index contributed by atoms with van der Waals surface area (Å²) in [7, 11) is 1.58. The number of carbonyl (C=O) groups excluding carboxylic acids is 1. The third-order valence-electron chi connectivity index (χ3n) is 5.06. The van der Waals surface area contributed by atoms with Crippen LogP contribution in [0.4, 0.5) is 0 Å². The van der Waals surface area contributed by atoms with Crippen LogP contribution in [-0.2, 0) is 16.8 Å². The molecule has 4 heterocycles. The second-order valence-electron chi connectivity index (χ2n) is 8.81. The van der Waals surface area contributed by atoms with Crippen LogP contribution < -0.4 is 10.1 Å². The summed E-state index contributed by atoms with van der Waals surface area (Å²) < 4.78 is 17.8. The maximum absolute atomic E-state index is 12.1. The van der Waals surface area contributed by atoms with Crippen LogP contribution in [0.5, 0.6) is 5.88 Å². The Hall–Kier alpha value is -3.86. The Morgan fingerprint density at radius 3 is 2.68 bits per heavy atom. The van der Waals surface area contributed by atoms with Gasteiger partial charge in [-0.05, 0) is 30.5 Å². The molecule has 0 atom stereocenters. The number of nitrogens with one attached hydrogen (secondary N) is 1. The van der Waals surface area contributed by atoms with Crippen molar-refractivity contribution >= 4 is 11.6 Å². The van der Waals surface area contributed by atoms with E-state index in [1.807, 2.05) is 6.07 Å². The van der Waals surface area contributed by atoms with Crippen molar-refractivity contribution in [3.05, 3.63) is 53.0 Å². The molecule has 4 aromatic rings. The van der Waals surface area contributed by atoms with E-state index < -0.39 is 0 Å². The summed E-state index contributed by atoms with van der Waals surface area (Å²) in [6.07, 6.45) is 1.52. The molecule has 0 fully saturated rings. The highest BCUT2D eigenvalue weighted by Gasteiger charge is 2.24. The summed E-state index contributed by atoms with van der Waals surface area (Å²) in [5.74, 6) is 1.35. The lowest BCUT2D eigenvalue weighted by Gasteiger charge is -2.21. The third-order valence-corrected chi connectivity index (χ3v) is 5.06. The predicted octanol–water partition coefficient (Wildman–Crippen LogP) is 2.74. The average Bonchev–Trinajstić information content (AvgIpc) is 3.42. The Bertz CT molecular complexity index is 1290. The zero-order valence-electron chi connectivity index (χ0n) is 19.8. The van der Waals surface area contributed by atoms with Crippen molar-refractivity contribution in [1.29, 1.82) is 0 Å². The fraction of sp³-hybridized carbons (Fsp3) is 0.391. The van der Waals surface area contributed by atoms with Crippen molar-refractivity contribution in [3.8, 4) is 17.4 Å². The molecule has 0 aromatic carbocycles. The molecular weight excluding hydrogens is 438 g/mol. The summed E-state index contributed by atoms with van der Waals surface area (Å²) in [6.45, 7) is 9.07. The van der Waals surface area contributed by atoms with E-state index in [4.69, 9.17) is 14.0 Å². The van der Waals surface area contributed by atoms with Gasteiger partial charge in [0.2, 0.25) is 11.7 Å². The number of fused-ring (bicyclic) bond motifs is 1. The third kappa shape index (κ3) is 5.04. The molecule has 4 aromatic heterocycles. The van der Waals surface area contributed by atoms with Crippen LogP contribution in [0.25, 0.3) is 17.2 Å². The molecule has 0 bridgehead atoms. The zero-order valence-corrected chi connectivity index (χ0v) is 19.8. The maximum Gasteiger partial charge on any atom is 0.252 e. The standard InChI is InChI=1S/C23H27N7O4/c1-14-10-18(29-34-14)20-27-26-19-11-17(23(2,3)4)22(28-30(19)20)33-13-16-7-6-15(12-25-16)21(31)24-8-9-32-5/h6-7,10-12H,8-9,13H2,1-5H3,(H,24,31). The molecule has 0 unspecified atom stereocenters. The first kappa shape index (κ1) is 23.3. The summed E-state index contributed by atoms with van der Waals surface area (Å²) in [5.41, 5.74) is 2.86. The summed E-state index contributed by atoms with van der Waals surface area (Å²) in [5, 5.41) is 19.9. The van der Waals surface area contributed by atoms with Crippen molar-refractivity contribution in [2.75, 3.05) is 20.3 Å². The van der Waals surface area contributed by atoms with E-state index in [-0.39, 0.29) is 17.9 Å². The smallest absolute Gasteiger partial charge is 0.252 e. The molecule has 0 saturated carbocycles. The van der Waals surface area contributed by atoms with Gasteiger partial charge in [-0.2, -0.15) is 4.52 Å². The van der Waals surface area contributed by atoms with Gasteiger partial charge in [0.1, 0.15) is 12.4 Å².